The molecule has 0 saturated heterocycles. The van der Waals surface area contributed by atoms with Gasteiger partial charge in [-0.25, -0.2) is 0 Å². The molecule has 0 amide bonds. The van der Waals surface area contributed by atoms with Crippen LogP contribution >= 0.6 is 0 Å². The fourth-order valence-electron chi connectivity index (χ4n) is 9.24. The predicted molar refractivity (Wildman–Crippen MR) is 257 cm³/mol. The SMILES string of the molecule is c1ccc(-c2cc(-c3ccccc3)cc(N(c3ccc(-c4ccc5c6ccc7ccccc7c6n(-c6ccccc6)c5c4)cc3)c3ccc4oc5ccccc5c4c3)c2)cc1. The van der Waals surface area contributed by atoms with E-state index in [1.165, 1.54) is 49.3 Å². The fourth-order valence-corrected chi connectivity index (χ4v) is 9.24. The maximum atomic E-state index is 6.30. The Kier molecular flexibility index (Phi) is 8.17. The zero-order valence-corrected chi connectivity index (χ0v) is 33.2. The Bertz CT molecular complexity index is 3510. The maximum Gasteiger partial charge on any atom is 0.135 e. The monoisotopic (exact) mass is 778 g/mol. The third-order valence-corrected chi connectivity index (χ3v) is 12.1. The lowest BCUT2D eigenvalue weighted by Gasteiger charge is -2.27. The van der Waals surface area contributed by atoms with Crippen molar-refractivity contribution in [3.63, 3.8) is 0 Å². The molecule has 3 nitrogen and oxygen atoms in total. The molecule has 2 aromatic heterocycles. The third-order valence-electron chi connectivity index (χ3n) is 12.1. The van der Waals surface area contributed by atoms with Crippen molar-refractivity contribution in [2.75, 3.05) is 4.90 Å². The second-order valence-electron chi connectivity index (χ2n) is 15.7. The number of hydrogen-bond acceptors (Lipinski definition) is 2. The van der Waals surface area contributed by atoms with Gasteiger partial charge in [-0.15, -0.1) is 0 Å². The first-order valence-corrected chi connectivity index (χ1v) is 20.8. The van der Waals surface area contributed by atoms with Gasteiger partial charge in [0.1, 0.15) is 11.2 Å². The minimum atomic E-state index is 0.875. The van der Waals surface area contributed by atoms with Crippen LogP contribution in [0, 0.1) is 0 Å². The van der Waals surface area contributed by atoms with Crippen LogP contribution in [0.4, 0.5) is 17.1 Å². The number of fused-ring (bicyclic) bond motifs is 8. The van der Waals surface area contributed by atoms with Gasteiger partial charge in [0.2, 0.25) is 0 Å². The van der Waals surface area contributed by atoms with Gasteiger partial charge in [-0.05, 0) is 112 Å². The Morgan fingerprint density at radius 2 is 0.885 bits per heavy atom. The minimum absolute atomic E-state index is 0.875. The molecular formula is C58H38N2O. The van der Waals surface area contributed by atoms with Crippen molar-refractivity contribution in [3.05, 3.63) is 231 Å². The molecule has 0 aliphatic rings. The summed E-state index contributed by atoms with van der Waals surface area (Å²) in [6.45, 7) is 0. The molecule has 3 heteroatoms. The molecule has 12 aromatic rings. The largest absolute Gasteiger partial charge is 0.456 e. The van der Waals surface area contributed by atoms with E-state index in [9.17, 15) is 0 Å². The summed E-state index contributed by atoms with van der Waals surface area (Å²) in [6.07, 6.45) is 0. The number of nitrogens with zero attached hydrogens (tertiary/aromatic N) is 2. The maximum absolute atomic E-state index is 6.30. The average molecular weight is 779 g/mol. The molecule has 2 heterocycles. The van der Waals surface area contributed by atoms with Crippen LogP contribution < -0.4 is 4.90 Å². The van der Waals surface area contributed by atoms with E-state index in [0.717, 1.165) is 61.4 Å². The first-order valence-electron chi connectivity index (χ1n) is 20.8. The van der Waals surface area contributed by atoms with E-state index >= 15 is 0 Å². The number of furan rings is 1. The van der Waals surface area contributed by atoms with Crippen LogP contribution in [0.2, 0.25) is 0 Å². The van der Waals surface area contributed by atoms with E-state index in [-0.39, 0.29) is 0 Å². The van der Waals surface area contributed by atoms with Crippen LogP contribution in [0.5, 0.6) is 0 Å². The molecular weight excluding hydrogens is 741 g/mol. The summed E-state index contributed by atoms with van der Waals surface area (Å²) in [5, 5.41) is 7.18. The summed E-state index contributed by atoms with van der Waals surface area (Å²) in [4.78, 5) is 2.38. The average Bonchev–Trinajstić information content (AvgIpc) is 3.88. The molecule has 0 saturated carbocycles. The van der Waals surface area contributed by atoms with Crippen LogP contribution in [0.25, 0.3) is 93.6 Å². The highest BCUT2D eigenvalue weighted by molar-refractivity contribution is 6.19. The van der Waals surface area contributed by atoms with E-state index in [2.05, 4.69) is 228 Å². The number of hydrogen-bond donors (Lipinski definition) is 0. The van der Waals surface area contributed by atoms with Crippen molar-refractivity contribution in [3.8, 4) is 39.1 Å². The van der Waals surface area contributed by atoms with Crippen molar-refractivity contribution in [1.82, 2.24) is 4.57 Å². The third kappa shape index (κ3) is 5.98. The van der Waals surface area contributed by atoms with E-state index in [1.807, 2.05) is 12.1 Å². The zero-order chi connectivity index (χ0) is 40.3. The standard InChI is InChI=1S/C58H38N2O/c1-4-14-39(15-5-1)44-34-45(40-16-6-2-7-17-40)36-49(35-44)59(48-30-33-57-54(38-48)52-22-12-13-23-56(52)61-57)47-28-24-41(25-29-47)43-27-31-51-53-32-26-42-18-10-11-21-50(42)58(53)60(55(51)37-43)46-19-8-3-9-20-46/h1-38H. The lowest BCUT2D eigenvalue weighted by Crippen LogP contribution is -2.10. The molecule has 0 bridgehead atoms. The number of anilines is 3. The number of para-hydroxylation sites is 2. The summed E-state index contributed by atoms with van der Waals surface area (Å²) in [6, 6.07) is 83.0. The van der Waals surface area contributed by atoms with Crippen molar-refractivity contribution < 1.29 is 4.42 Å². The minimum Gasteiger partial charge on any atom is -0.456 e. The van der Waals surface area contributed by atoms with Crippen LogP contribution in [0.1, 0.15) is 0 Å². The van der Waals surface area contributed by atoms with E-state index in [0.29, 0.717) is 0 Å². The molecule has 0 aliphatic carbocycles. The predicted octanol–water partition coefficient (Wildman–Crippen LogP) is 16.3. The lowest BCUT2D eigenvalue weighted by molar-refractivity contribution is 0.669. The second kappa shape index (κ2) is 14.3. The van der Waals surface area contributed by atoms with Gasteiger partial charge in [-0.2, -0.15) is 0 Å². The van der Waals surface area contributed by atoms with E-state index < -0.39 is 0 Å². The number of benzene rings is 10. The van der Waals surface area contributed by atoms with Crippen molar-refractivity contribution in [1.29, 1.82) is 0 Å². The molecule has 0 radical (unpaired) electrons. The highest BCUT2D eigenvalue weighted by Crippen LogP contribution is 2.43. The zero-order valence-electron chi connectivity index (χ0n) is 33.2. The lowest BCUT2D eigenvalue weighted by atomic mass is 9.97. The van der Waals surface area contributed by atoms with E-state index in [1.54, 1.807) is 0 Å². The normalized spacial score (nSPS) is 11.6. The Hall–Kier alpha value is -8.14. The van der Waals surface area contributed by atoms with Gasteiger partial charge >= 0.3 is 0 Å². The Labute approximate surface area is 353 Å². The summed E-state index contributed by atoms with van der Waals surface area (Å²) < 4.78 is 8.74. The number of aromatic nitrogens is 1. The highest BCUT2D eigenvalue weighted by Gasteiger charge is 2.20. The van der Waals surface area contributed by atoms with Crippen LogP contribution in [-0.4, -0.2) is 4.57 Å². The Morgan fingerprint density at radius 1 is 0.311 bits per heavy atom. The summed E-state index contributed by atoms with van der Waals surface area (Å²) in [5.74, 6) is 0. The molecule has 0 fully saturated rings. The van der Waals surface area contributed by atoms with Gasteiger partial charge in [0.05, 0.1) is 11.0 Å². The van der Waals surface area contributed by atoms with Crippen molar-refractivity contribution >= 4 is 71.6 Å². The Morgan fingerprint density at radius 3 is 1.62 bits per heavy atom. The topological polar surface area (TPSA) is 21.3 Å². The fraction of sp³-hybridized carbons (Fsp3) is 0. The first kappa shape index (κ1) is 34.9. The molecule has 0 atom stereocenters. The molecule has 0 unspecified atom stereocenters. The molecule has 12 rings (SSSR count). The second-order valence-corrected chi connectivity index (χ2v) is 15.7. The van der Waals surface area contributed by atoms with Crippen LogP contribution in [0.3, 0.4) is 0 Å². The van der Waals surface area contributed by atoms with Gasteiger partial charge < -0.3 is 13.9 Å². The van der Waals surface area contributed by atoms with Gasteiger partial charge in [0.25, 0.3) is 0 Å². The summed E-state index contributed by atoms with van der Waals surface area (Å²) >= 11 is 0. The molecule has 0 aliphatic heterocycles. The summed E-state index contributed by atoms with van der Waals surface area (Å²) in [5.41, 5.74) is 15.5. The Balaban J connectivity index is 1.04. The van der Waals surface area contributed by atoms with Gasteiger partial charge in [-0.1, -0.05) is 158 Å². The van der Waals surface area contributed by atoms with Gasteiger partial charge in [0.15, 0.2) is 0 Å². The number of rotatable bonds is 7. The van der Waals surface area contributed by atoms with E-state index in [4.69, 9.17) is 4.42 Å². The van der Waals surface area contributed by atoms with Crippen LogP contribution in [0.15, 0.2) is 235 Å². The molecule has 286 valence electrons. The first-order chi connectivity index (χ1) is 30.2. The molecule has 0 N–H and O–H groups in total. The molecule has 10 aromatic carbocycles. The quantitative estimate of drug-likeness (QED) is 0.161. The van der Waals surface area contributed by atoms with Crippen molar-refractivity contribution in [2.45, 2.75) is 0 Å². The summed E-state index contributed by atoms with van der Waals surface area (Å²) in [7, 11) is 0. The van der Waals surface area contributed by atoms with Crippen molar-refractivity contribution in [2.24, 2.45) is 0 Å². The highest BCUT2D eigenvalue weighted by atomic mass is 16.3. The molecule has 61 heavy (non-hydrogen) atoms. The van der Waals surface area contributed by atoms with Gasteiger partial charge in [-0.3, -0.25) is 0 Å². The van der Waals surface area contributed by atoms with Gasteiger partial charge in [0, 0.05) is 49.7 Å². The van der Waals surface area contributed by atoms with Crippen LogP contribution in [-0.2, 0) is 0 Å². The smallest absolute Gasteiger partial charge is 0.135 e. The molecule has 0 spiro atoms.